The van der Waals surface area contributed by atoms with Crippen molar-refractivity contribution < 1.29 is 19.2 Å². The number of ether oxygens (including phenoxy) is 2. The minimum Gasteiger partial charge on any atom is -0.493 e. The topological polar surface area (TPSA) is 127 Å². The van der Waals surface area contributed by atoms with E-state index < -0.39 is 10.8 Å². The van der Waals surface area contributed by atoms with E-state index in [2.05, 4.69) is 37.1 Å². The Kier molecular flexibility index (Phi) is 8.31. The highest BCUT2D eigenvalue weighted by atomic mass is 32.1. The maximum absolute atomic E-state index is 12.3. The Morgan fingerprint density at radius 1 is 1.28 bits per heavy atom. The van der Waals surface area contributed by atoms with E-state index in [0.29, 0.717) is 33.7 Å². The van der Waals surface area contributed by atoms with Crippen molar-refractivity contribution in [2.45, 2.75) is 40.0 Å². The van der Waals surface area contributed by atoms with Gasteiger partial charge in [0, 0.05) is 28.9 Å². The van der Waals surface area contributed by atoms with Crippen LogP contribution in [0.3, 0.4) is 0 Å². The number of nitro groups is 1. The van der Waals surface area contributed by atoms with E-state index in [-0.39, 0.29) is 17.7 Å². The zero-order valence-electron chi connectivity index (χ0n) is 22.3. The van der Waals surface area contributed by atoms with Crippen LogP contribution in [0.1, 0.15) is 48.8 Å². The normalized spacial score (nSPS) is 14.9. The third-order valence-electron chi connectivity index (χ3n) is 6.80. The highest BCUT2D eigenvalue weighted by Gasteiger charge is 2.32. The monoisotopic (exact) mass is 546 g/mol. The predicted octanol–water partition coefficient (Wildman–Crippen LogP) is 6.46. The van der Waals surface area contributed by atoms with Gasteiger partial charge in [0.15, 0.2) is 18.1 Å². The molecule has 0 saturated heterocycles. The van der Waals surface area contributed by atoms with Crippen molar-refractivity contribution >= 4 is 39.8 Å². The largest absolute Gasteiger partial charge is 0.493 e. The quantitative estimate of drug-likeness (QED) is 0.196. The molecule has 202 valence electrons. The van der Waals surface area contributed by atoms with Crippen LogP contribution in [0.15, 0.2) is 47.5 Å². The molecule has 1 aliphatic rings. The summed E-state index contributed by atoms with van der Waals surface area (Å²) in [7, 11) is 1.50. The van der Waals surface area contributed by atoms with Crippen LogP contribution in [0.2, 0.25) is 0 Å². The van der Waals surface area contributed by atoms with Crippen molar-refractivity contribution in [2.24, 2.45) is 16.3 Å². The first-order valence-corrected chi connectivity index (χ1v) is 13.3. The number of amides is 1. The number of aliphatic imine (C=N–C) groups is 1. The van der Waals surface area contributed by atoms with Gasteiger partial charge in [0.25, 0.3) is 11.6 Å². The fourth-order valence-corrected chi connectivity index (χ4v) is 5.79. The van der Waals surface area contributed by atoms with Crippen LogP contribution >= 0.6 is 11.3 Å². The molecule has 0 spiro atoms. The lowest BCUT2D eigenvalue weighted by atomic mass is 9.72. The fourth-order valence-electron chi connectivity index (χ4n) is 4.57. The number of nitrogens with zero attached hydrogens (tertiary/aromatic N) is 3. The standard InChI is InChI=1S/C29H30N4O5S/c1-29(2,3)19-9-10-22-23(15-30)28(39-26(22)13-19)31-16-18-8-11-24(25(12-18)37-4)38-17-27(34)32-20-6-5-7-21(14-20)33(35)36/h5-8,11-12,14,16,19H,9-10,13,17H2,1-4H3,(H,32,34)/t19-/m1/s1. The summed E-state index contributed by atoms with van der Waals surface area (Å²) >= 11 is 1.59. The number of hydrogen-bond donors (Lipinski definition) is 1. The molecule has 1 N–H and O–H groups in total. The number of nitro benzene ring substituents is 1. The maximum atomic E-state index is 12.3. The number of nitriles is 1. The second-order valence-corrected chi connectivity index (χ2v) is 11.5. The third-order valence-corrected chi connectivity index (χ3v) is 7.96. The van der Waals surface area contributed by atoms with Gasteiger partial charge in [-0.1, -0.05) is 26.8 Å². The molecule has 0 unspecified atom stereocenters. The van der Waals surface area contributed by atoms with Gasteiger partial charge in [-0.3, -0.25) is 14.9 Å². The van der Waals surface area contributed by atoms with Gasteiger partial charge in [0.2, 0.25) is 0 Å². The van der Waals surface area contributed by atoms with E-state index in [0.717, 1.165) is 30.4 Å². The van der Waals surface area contributed by atoms with Gasteiger partial charge in [-0.2, -0.15) is 5.26 Å². The number of thiophene rings is 1. The number of benzene rings is 2. The molecule has 1 aromatic heterocycles. The summed E-state index contributed by atoms with van der Waals surface area (Å²) in [5, 5.41) is 24.1. The highest BCUT2D eigenvalue weighted by molar-refractivity contribution is 7.16. The number of carbonyl (C=O) groups excluding carboxylic acids is 1. The molecular weight excluding hydrogens is 516 g/mol. The molecule has 1 aliphatic carbocycles. The van der Waals surface area contributed by atoms with Crippen molar-refractivity contribution in [1.29, 1.82) is 5.26 Å². The molecule has 0 fully saturated rings. The number of anilines is 1. The Morgan fingerprint density at radius 2 is 2.08 bits per heavy atom. The highest BCUT2D eigenvalue weighted by Crippen LogP contribution is 2.45. The molecule has 4 rings (SSSR count). The molecular formula is C29H30N4O5S. The van der Waals surface area contributed by atoms with Gasteiger partial charge < -0.3 is 14.8 Å². The summed E-state index contributed by atoms with van der Waals surface area (Å²) in [6, 6.07) is 13.2. The van der Waals surface area contributed by atoms with E-state index in [1.165, 1.54) is 30.2 Å². The molecule has 10 heteroatoms. The summed E-state index contributed by atoms with van der Waals surface area (Å²) in [4.78, 5) is 28.6. The maximum Gasteiger partial charge on any atom is 0.271 e. The van der Waals surface area contributed by atoms with Gasteiger partial charge in [0.1, 0.15) is 11.1 Å². The summed E-state index contributed by atoms with van der Waals surface area (Å²) < 4.78 is 11.1. The van der Waals surface area contributed by atoms with Crippen molar-refractivity contribution in [1.82, 2.24) is 0 Å². The van der Waals surface area contributed by atoms with E-state index in [1.807, 2.05) is 0 Å². The van der Waals surface area contributed by atoms with E-state index >= 15 is 0 Å². The van der Waals surface area contributed by atoms with E-state index in [4.69, 9.17) is 9.47 Å². The molecule has 0 radical (unpaired) electrons. The van der Waals surface area contributed by atoms with E-state index in [9.17, 15) is 20.2 Å². The van der Waals surface area contributed by atoms with Crippen LogP contribution < -0.4 is 14.8 Å². The molecule has 39 heavy (non-hydrogen) atoms. The lowest BCUT2D eigenvalue weighted by Crippen LogP contribution is -2.26. The summed E-state index contributed by atoms with van der Waals surface area (Å²) in [5.41, 5.74) is 2.97. The second-order valence-electron chi connectivity index (χ2n) is 10.4. The van der Waals surface area contributed by atoms with Gasteiger partial charge >= 0.3 is 0 Å². The average molecular weight is 547 g/mol. The summed E-state index contributed by atoms with van der Waals surface area (Å²) in [6.07, 6.45) is 4.65. The van der Waals surface area contributed by atoms with Crippen LogP contribution in [0.5, 0.6) is 11.5 Å². The third kappa shape index (κ3) is 6.62. The Labute approximate surface area is 231 Å². The minimum atomic E-state index is -0.530. The molecule has 1 amide bonds. The number of fused-ring (bicyclic) bond motifs is 1. The number of methoxy groups -OCH3 is 1. The van der Waals surface area contributed by atoms with Crippen LogP contribution in [0.25, 0.3) is 0 Å². The van der Waals surface area contributed by atoms with Crippen LogP contribution in [0.4, 0.5) is 16.4 Å². The first-order valence-electron chi connectivity index (χ1n) is 12.5. The summed E-state index contributed by atoms with van der Waals surface area (Å²) in [6.45, 7) is 6.50. The molecule has 2 aromatic carbocycles. The van der Waals surface area contributed by atoms with Crippen molar-refractivity contribution in [3.8, 4) is 17.6 Å². The zero-order chi connectivity index (χ0) is 28.2. The smallest absolute Gasteiger partial charge is 0.271 e. The average Bonchev–Trinajstić information content (AvgIpc) is 3.27. The Morgan fingerprint density at radius 3 is 2.77 bits per heavy atom. The van der Waals surface area contributed by atoms with E-state index in [1.54, 1.807) is 41.8 Å². The number of carbonyl (C=O) groups is 1. The number of rotatable bonds is 8. The fraction of sp³-hybridized carbons (Fsp3) is 0.345. The van der Waals surface area contributed by atoms with Crippen LogP contribution in [0, 0.1) is 32.8 Å². The van der Waals surface area contributed by atoms with Gasteiger partial charge in [-0.25, -0.2) is 4.99 Å². The SMILES string of the molecule is COc1cc(C=Nc2sc3c(c2C#N)CC[C@@H](C(C)(C)C)C3)ccc1OCC(=O)Nc1cccc([N+](=O)[O-])c1. The van der Waals surface area contributed by atoms with Gasteiger partial charge in [-0.05, 0) is 66.0 Å². The molecule has 1 atom stereocenters. The van der Waals surface area contributed by atoms with Gasteiger partial charge in [0.05, 0.1) is 17.6 Å². The first kappa shape index (κ1) is 27.8. The van der Waals surface area contributed by atoms with Crippen LogP contribution in [-0.2, 0) is 17.6 Å². The van der Waals surface area contributed by atoms with Crippen LogP contribution in [-0.4, -0.2) is 30.8 Å². The first-order chi connectivity index (χ1) is 18.6. The van der Waals surface area contributed by atoms with Gasteiger partial charge in [-0.15, -0.1) is 11.3 Å². The minimum absolute atomic E-state index is 0.119. The number of non-ortho nitro benzene ring substituents is 1. The molecule has 0 aliphatic heterocycles. The molecule has 3 aromatic rings. The van der Waals surface area contributed by atoms with Crippen molar-refractivity contribution in [3.63, 3.8) is 0 Å². The Hall–Kier alpha value is -4.23. The lowest BCUT2D eigenvalue weighted by Gasteiger charge is -2.33. The Balaban J connectivity index is 1.43. The molecule has 0 bridgehead atoms. The Bertz CT molecular complexity index is 1470. The lowest BCUT2D eigenvalue weighted by molar-refractivity contribution is -0.384. The second kappa shape index (κ2) is 11.7. The molecule has 0 saturated carbocycles. The molecule has 9 nitrogen and oxygen atoms in total. The van der Waals surface area contributed by atoms with Crippen molar-refractivity contribution in [2.75, 3.05) is 19.0 Å². The summed E-state index contributed by atoms with van der Waals surface area (Å²) in [5.74, 6) is 0.891. The zero-order valence-corrected chi connectivity index (χ0v) is 23.1. The van der Waals surface area contributed by atoms with Crippen molar-refractivity contribution in [3.05, 3.63) is 74.1 Å². The number of nitrogens with one attached hydrogen (secondary N) is 1. The molecule has 1 heterocycles. The predicted molar refractivity (Wildman–Crippen MR) is 151 cm³/mol. The number of hydrogen-bond acceptors (Lipinski definition) is 8.